The minimum Gasteiger partial charge on any atom is -0.383 e. The Labute approximate surface area is 125 Å². The minimum atomic E-state index is -0.253. The maximum Gasteiger partial charge on any atom is 0.234 e. The molecule has 2 N–H and O–H groups in total. The molecule has 0 aliphatic heterocycles. The Morgan fingerprint density at radius 1 is 1.45 bits per heavy atom. The number of nitrogens with one attached hydrogen (secondary N) is 2. The van der Waals surface area contributed by atoms with Crippen LogP contribution in [0.1, 0.15) is 24.1 Å². The monoisotopic (exact) mass is 304 g/mol. The van der Waals surface area contributed by atoms with E-state index >= 15 is 0 Å². The van der Waals surface area contributed by atoms with E-state index in [1.807, 2.05) is 13.0 Å². The molecule has 0 aliphatic rings. The van der Waals surface area contributed by atoms with Crippen LogP contribution in [-0.4, -0.2) is 32.7 Å². The van der Waals surface area contributed by atoms with Crippen molar-refractivity contribution in [2.24, 2.45) is 0 Å². The molecule has 0 spiro atoms. The van der Waals surface area contributed by atoms with Crippen LogP contribution in [0.2, 0.25) is 0 Å². The molecule has 0 saturated carbocycles. The average molecular weight is 305 g/mol. The second-order valence-corrected chi connectivity index (χ2v) is 4.47. The maximum absolute atomic E-state index is 13.4. The second-order valence-electron chi connectivity index (χ2n) is 4.47. The number of carbonyl (C=O) groups is 1. The van der Waals surface area contributed by atoms with Gasteiger partial charge in [0.05, 0.1) is 19.2 Å². The smallest absolute Gasteiger partial charge is 0.234 e. The van der Waals surface area contributed by atoms with Crippen LogP contribution in [0, 0.1) is 12.7 Å². The van der Waals surface area contributed by atoms with Crippen molar-refractivity contribution < 1.29 is 13.9 Å². The number of hydrogen-bond donors (Lipinski definition) is 2. The van der Waals surface area contributed by atoms with Crippen molar-refractivity contribution >= 4 is 18.3 Å². The molecule has 6 heteroatoms. The van der Waals surface area contributed by atoms with E-state index in [1.165, 1.54) is 6.07 Å². The summed E-state index contributed by atoms with van der Waals surface area (Å²) in [5.74, 6) is -0.374. The van der Waals surface area contributed by atoms with Crippen LogP contribution in [0.25, 0.3) is 0 Å². The van der Waals surface area contributed by atoms with Crippen LogP contribution >= 0.6 is 12.4 Å². The van der Waals surface area contributed by atoms with Gasteiger partial charge in [0.1, 0.15) is 5.82 Å². The van der Waals surface area contributed by atoms with E-state index in [4.69, 9.17) is 4.74 Å². The molecular formula is C14H22ClFN2O2. The molecule has 0 aromatic heterocycles. The van der Waals surface area contributed by atoms with Crippen LogP contribution in [0.3, 0.4) is 0 Å². The summed E-state index contributed by atoms with van der Waals surface area (Å²) < 4.78 is 18.3. The molecule has 1 amide bonds. The summed E-state index contributed by atoms with van der Waals surface area (Å²) >= 11 is 0. The van der Waals surface area contributed by atoms with Crippen LogP contribution < -0.4 is 10.6 Å². The van der Waals surface area contributed by atoms with Gasteiger partial charge in [-0.1, -0.05) is 12.1 Å². The Balaban J connectivity index is 0.00000361. The fraction of sp³-hybridized carbons (Fsp3) is 0.500. The summed E-state index contributed by atoms with van der Waals surface area (Å²) in [4.78, 5) is 11.6. The van der Waals surface area contributed by atoms with Gasteiger partial charge in [-0.25, -0.2) is 4.39 Å². The highest BCUT2D eigenvalue weighted by atomic mass is 35.5. The molecule has 4 nitrogen and oxygen atoms in total. The number of amides is 1. The highest BCUT2D eigenvalue weighted by Crippen LogP contribution is 2.15. The Kier molecular flexibility index (Phi) is 9.12. The average Bonchev–Trinajstić information content (AvgIpc) is 2.38. The lowest BCUT2D eigenvalue weighted by atomic mass is 10.1. The third-order valence-electron chi connectivity index (χ3n) is 2.84. The van der Waals surface area contributed by atoms with E-state index in [9.17, 15) is 9.18 Å². The van der Waals surface area contributed by atoms with Crippen molar-refractivity contribution in [1.29, 1.82) is 0 Å². The van der Waals surface area contributed by atoms with Crippen LogP contribution in [0.15, 0.2) is 18.2 Å². The van der Waals surface area contributed by atoms with Gasteiger partial charge < -0.3 is 15.4 Å². The molecular weight excluding hydrogens is 283 g/mol. The van der Waals surface area contributed by atoms with Crippen molar-refractivity contribution in [3.05, 3.63) is 35.1 Å². The first-order valence-corrected chi connectivity index (χ1v) is 6.29. The Hall–Kier alpha value is -1.17. The Bertz CT molecular complexity index is 430. The van der Waals surface area contributed by atoms with Crippen molar-refractivity contribution in [3.63, 3.8) is 0 Å². The van der Waals surface area contributed by atoms with E-state index < -0.39 is 0 Å². The lowest BCUT2D eigenvalue weighted by molar-refractivity contribution is -0.120. The third kappa shape index (κ3) is 6.32. The van der Waals surface area contributed by atoms with Gasteiger partial charge in [0.15, 0.2) is 0 Å². The van der Waals surface area contributed by atoms with Gasteiger partial charge in [0.25, 0.3) is 0 Å². The third-order valence-corrected chi connectivity index (χ3v) is 2.84. The van der Waals surface area contributed by atoms with Gasteiger partial charge in [-0.3, -0.25) is 4.79 Å². The highest BCUT2D eigenvalue weighted by Gasteiger charge is 2.10. The summed E-state index contributed by atoms with van der Waals surface area (Å²) in [5.41, 5.74) is 1.36. The van der Waals surface area contributed by atoms with Crippen LogP contribution in [-0.2, 0) is 9.53 Å². The lowest BCUT2D eigenvalue weighted by Gasteiger charge is -2.15. The second kappa shape index (κ2) is 9.69. The van der Waals surface area contributed by atoms with E-state index in [1.54, 1.807) is 20.1 Å². The van der Waals surface area contributed by atoms with Gasteiger partial charge >= 0.3 is 0 Å². The topological polar surface area (TPSA) is 50.4 Å². The van der Waals surface area contributed by atoms with E-state index in [2.05, 4.69) is 10.6 Å². The molecule has 0 saturated heterocycles. The zero-order valence-corrected chi connectivity index (χ0v) is 12.8. The van der Waals surface area contributed by atoms with Gasteiger partial charge in [-0.2, -0.15) is 0 Å². The van der Waals surface area contributed by atoms with Crippen LogP contribution in [0.4, 0.5) is 4.39 Å². The fourth-order valence-corrected chi connectivity index (χ4v) is 1.63. The molecule has 1 aromatic rings. The molecule has 1 aromatic carbocycles. The zero-order chi connectivity index (χ0) is 14.3. The van der Waals surface area contributed by atoms with Crippen LogP contribution in [0.5, 0.6) is 0 Å². The Morgan fingerprint density at radius 3 is 2.75 bits per heavy atom. The molecule has 0 aliphatic carbocycles. The first-order valence-electron chi connectivity index (χ1n) is 6.29. The minimum absolute atomic E-state index is 0. The molecule has 1 unspecified atom stereocenters. The van der Waals surface area contributed by atoms with Crippen molar-refractivity contribution in [1.82, 2.24) is 10.6 Å². The predicted molar refractivity (Wildman–Crippen MR) is 79.7 cm³/mol. The predicted octanol–water partition coefficient (Wildman–Crippen LogP) is 1.97. The van der Waals surface area contributed by atoms with Gasteiger partial charge in [-0.05, 0) is 31.0 Å². The SMILES string of the molecule is COCCNCC(=O)NC(C)c1ccc(C)c(F)c1.Cl. The summed E-state index contributed by atoms with van der Waals surface area (Å²) in [6.45, 7) is 4.95. The molecule has 0 heterocycles. The van der Waals surface area contributed by atoms with Crippen molar-refractivity contribution in [2.45, 2.75) is 19.9 Å². The molecule has 0 fully saturated rings. The van der Waals surface area contributed by atoms with Gasteiger partial charge in [0.2, 0.25) is 5.91 Å². The number of hydrogen-bond acceptors (Lipinski definition) is 3. The lowest BCUT2D eigenvalue weighted by Crippen LogP contribution is -2.36. The highest BCUT2D eigenvalue weighted by molar-refractivity contribution is 5.85. The summed E-state index contributed by atoms with van der Waals surface area (Å²) in [6.07, 6.45) is 0. The summed E-state index contributed by atoms with van der Waals surface area (Å²) in [7, 11) is 1.61. The van der Waals surface area contributed by atoms with E-state index in [0.717, 1.165) is 5.56 Å². The molecule has 1 atom stereocenters. The molecule has 20 heavy (non-hydrogen) atoms. The fourth-order valence-electron chi connectivity index (χ4n) is 1.63. The number of halogens is 2. The number of ether oxygens (including phenoxy) is 1. The maximum atomic E-state index is 13.4. The first kappa shape index (κ1) is 18.8. The molecule has 1 rings (SSSR count). The summed E-state index contributed by atoms with van der Waals surface area (Å²) in [6, 6.07) is 4.77. The zero-order valence-electron chi connectivity index (χ0n) is 12.0. The number of methoxy groups -OCH3 is 1. The largest absolute Gasteiger partial charge is 0.383 e. The van der Waals surface area contributed by atoms with E-state index in [-0.39, 0.29) is 36.7 Å². The number of aryl methyl sites for hydroxylation is 1. The molecule has 0 radical (unpaired) electrons. The van der Waals surface area contributed by atoms with Gasteiger partial charge in [-0.15, -0.1) is 12.4 Å². The number of rotatable bonds is 7. The quantitative estimate of drug-likeness (QED) is 0.757. The molecule has 114 valence electrons. The standard InChI is InChI=1S/C14H21FN2O2.ClH/c1-10-4-5-12(8-13(10)15)11(2)17-14(18)9-16-6-7-19-3;/h4-5,8,11,16H,6-7,9H2,1-3H3,(H,17,18);1H. The molecule has 0 bridgehead atoms. The van der Waals surface area contributed by atoms with E-state index in [0.29, 0.717) is 18.7 Å². The normalized spacial score (nSPS) is 11.6. The first-order chi connectivity index (χ1) is 9.04. The summed E-state index contributed by atoms with van der Waals surface area (Å²) in [5, 5.41) is 5.76. The number of benzene rings is 1. The number of carbonyl (C=O) groups excluding carboxylic acids is 1. The van der Waals surface area contributed by atoms with Crippen molar-refractivity contribution in [3.8, 4) is 0 Å². The Morgan fingerprint density at radius 2 is 2.15 bits per heavy atom. The van der Waals surface area contributed by atoms with Gasteiger partial charge in [0, 0.05) is 13.7 Å². The van der Waals surface area contributed by atoms with Crippen molar-refractivity contribution in [2.75, 3.05) is 26.8 Å².